The summed E-state index contributed by atoms with van der Waals surface area (Å²) in [6, 6.07) is -1.91. The molecule has 2 N–H and O–H groups in total. The van der Waals surface area contributed by atoms with Crippen LogP contribution in [0.1, 0.15) is 33.6 Å². The van der Waals surface area contributed by atoms with E-state index in [0.717, 1.165) is 4.90 Å². The maximum atomic E-state index is 12.7. The summed E-state index contributed by atoms with van der Waals surface area (Å²) in [5, 5.41) is 11.4. The van der Waals surface area contributed by atoms with Gasteiger partial charge in [0.15, 0.2) is 0 Å². The van der Waals surface area contributed by atoms with E-state index >= 15 is 0 Å². The fourth-order valence-corrected chi connectivity index (χ4v) is 2.29. The largest absolute Gasteiger partial charge is 0.480 e. The number of halogens is 3. The fourth-order valence-electron chi connectivity index (χ4n) is 2.29. The van der Waals surface area contributed by atoms with Crippen LogP contribution in [0.3, 0.4) is 0 Å². The monoisotopic (exact) mass is 310 g/mol. The Hall–Kier alpha value is -1.47. The molecule has 1 fully saturated rings. The average molecular weight is 310 g/mol. The molecule has 0 aromatic heterocycles. The first-order valence-electron chi connectivity index (χ1n) is 6.78. The number of aliphatic carboxylic acids is 1. The molecule has 1 aliphatic rings. The molecule has 1 saturated heterocycles. The van der Waals surface area contributed by atoms with Crippen molar-refractivity contribution in [3.63, 3.8) is 0 Å². The molecule has 1 aliphatic heterocycles. The Labute approximate surface area is 121 Å². The van der Waals surface area contributed by atoms with Gasteiger partial charge in [0.25, 0.3) is 0 Å². The van der Waals surface area contributed by atoms with Gasteiger partial charge in [-0.2, -0.15) is 13.2 Å². The molecule has 0 aliphatic carbocycles. The molecule has 1 unspecified atom stereocenters. The molecular formula is C13H21F3N2O3. The van der Waals surface area contributed by atoms with Crippen molar-refractivity contribution in [1.82, 2.24) is 10.2 Å². The Bertz CT molecular complexity index is 404. The maximum Gasteiger partial charge on any atom is 0.393 e. The molecule has 1 heterocycles. The summed E-state index contributed by atoms with van der Waals surface area (Å²) in [6.07, 6.45) is -4.09. The van der Waals surface area contributed by atoms with Crippen molar-refractivity contribution in [3.05, 3.63) is 0 Å². The molecule has 2 amide bonds. The molecule has 5 nitrogen and oxygen atoms in total. The first kappa shape index (κ1) is 17.6. The van der Waals surface area contributed by atoms with Crippen LogP contribution in [0.15, 0.2) is 0 Å². The van der Waals surface area contributed by atoms with Gasteiger partial charge in [-0.15, -0.1) is 0 Å². The van der Waals surface area contributed by atoms with Crippen LogP contribution >= 0.6 is 0 Å². The van der Waals surface area contributed by atoms with Crippen molar-refractivity contribution in [2.75, 3.05) is 13.1 Å². The summed E-state index contributed by atoms with van der Waals surface area (Å²) >= 11 is 0. The topological polar surface area (TPSA) is 69.6 Å². The second-order valence-electron chi connectivity index (χ2n) is 6.41. The Kier molecular flexibility index (Phi) is 5.11. The number of hydrogen-bond donors (Lipinski definition) is 2. The third-order valence-corrected chi connectivity index (χ3v) is 3.55. The quantitative estimate of drug-likeness (QED) is 0.823. The summed E-state index contributed by atoms with van der Waals surface area (Å²) in [7, 11) is 0. The van der Waals surface area contributed by atoms with Crippen LogP contribution in [0, 0.1) is 11.3 Å². The van der Waals surface area contributed by atoms with Gasteiger partial charge in [0.2, 0.25) is 0 Å². The van der Waals surface area contributed by atoms with Crippen LogP contribution in [-0.2, 0) is 4.79 Å². The van der Waals surface area contributed by atoms with Crippen molar-refractivity contribution in [1.29, 1.82) is 0 Å². The molecule has 21 heavy (non-hydrogen) atoms. The Balaban J connectivity index is 2.72. The van der Waals surface area contributed by atoms with E-state index in [2.05, 4.69) is 5.32 Å². The van der Waals surface area contributed by atoms with E-state index in [1.54, 1.807) is 20.8 Å². The lowest BCUT2D eigenvalue weighted by atomic mass is 9.87. The van der Waals surface area contributed by atoms with Gasteiger partial charge >= 0.3 is 18.2 Å². The van der Waals surface area contributed by atoms with E-state index in [4.69, 9.17) is 5.11 Å². The molecule has 8 heteroatoms. The molecular weight excluding hydrogens is 289 g/mol. The number of piperidine rings is 1. The highest BCUT2D eigenvalue weighted by Crippen LogP contribution is 2.33. The standard InChI is InChI=1S/C13H21F3N2O3/c1-12(2,3)9(10(19)20)17-11(21)18-6-4-5-8(7-18)13(14,15)16/h8-9H,4-7H2,1-3H3,(H,17,21)(H,19,20)/t8?,9-/m1/s1. The summed E-state index contributed by atoms with van der Waals surface area (Å²) in [5.41, 5.74) is -0.735. The van der Waals surface area contributed by atoms with Gasteiger partial charge in [-0.1, -0.05) is 20.8 Å². The molecule has 1 rings (SSSR count). The van der Waals surface area contributed by atoms with Crippen LogP contribution in [0.4, 0.5) is 18.0 Å². The van der Waals surface area contributed by atoms with Crippen LogP contribution in [0.2, 0.25) is 0 Å². The van der Waals surface area contributed by atoms with Crippen LogP contribution in [0.5, 0.6) is 0 Å². The van der Waals surface area contributed by atoms with E-state index in [0.29, 0.717) is 0 Å². The second kappa shape index (κ2) is 6.11. The lowest BCUT2D eigenvalue weighted by Gasteiger charge is -2.36. The fraction of sp³-hybridized carbons (Fsp3) is 0.846. The highest BCUT2D eigenvalue weighted by Gasteiger charge is 2.43. The number of rotatable bonds is 2. The second-order valence-corrected chi connectivity index (χ2v) is 6.41. The number of hydrogen-bond acceptors (Lipinski definition) is 2. The number of carbonyl (C=O) groups is 2. The Morgan fingerprint density at radius 3 is 2.29 bits per heavy atom. The zero-order chi connectivity index (χ0) is 16.4. The lowest BCUT2D eigenvalue weighted by Crippen LogP contribution is -2.55. The first-order valence-corrected chi connectivity index (χ1v) is 6.78. The zero-order valence-corrected chi connectivity index (χ0v) is 12.3. The third kappa shape index (κ3) is 4.78. The molecule has 0 radical (unpaired) electrons. The van der Waals surface area contributed by atoms with E-state index in [9.17, 15) is 22.8 Å². The number of carboxylic acids is 1. The minimum atomic E-state index is -4.34. The van der Waals surface area contributed by atoms with Crippen molar-refractivity contribution in [2.24, 2.45) is 11.3 Å². The third-order valence-electron chi connectivity index (χ3n) is 3.55. The van der Waals surface area contributed by atoms with Crippen molar-refractivity contribution >= 4 is 12.0 Å². The van der Waals surface area contributed by atoms with E-state index < -0.39 is 42.1 Å². The summed E-state index contributed by atoms with van der Waals surface area (Å²) in [6.45, 7) is 4.70. The number of carboxylic acid groups (broad SMARTS) is 1. The zero-order valence-electron chi connectivity index (χ0n) is 12.3. The first-order chi connectivity index (χ1) is 9.43. The predicted molar refractivity (Wildman–Crippen MR) is 69.8 cm³/mol. The summed E-state index contributed by atoms with van der Waals surface area (Å²) in [5.74, 6) is -2.75. The van der Waals surface area contributed by atoms with Crippen LogP contribution in [0.25, 0.3) is 0 Å². The highest BCUT2D eigenvalue weighted by atomic mass is 19.4. The summed E-state index contributed by atoms with van der Waals surface area (Å²) in [4.78, 5) is 24.2. The lowest BCUT2D eigenvalue weighted by molar-refractivity contribution is -0.184. The predicted octanol–water partition coefficient (Wildman–Crippen LogP) is 2.47. The molecule has 0 spiro atoms. The summed E-state index contributed by atoms with van der Waals surface area (Å²) < 4.78 is 38.1. The van der Waals surface area contributed by atoms with Crippen molar-refractivity contribution in [2.45, 2.75) is 45.8 Å². The SMILES string of the molecule is CC(C)(C)[C@H](NC(=O)N1CCCC(C(F)(F)F)C1)C(=O)O. The molecule has 2 atom stereocenters. The van der Waals surface area contributed by atoms with Crippen molar-refractivity contribution < 1.29 is 27.9 Å². The van der Waals surface area contributed by atoms with Gasteiger partial charge in [-0.25, -0.2) is 9.59 Å². The number of alkyl halides is 3. The number of amides is 2. The minimum absolute atomic E-state index is 0.00505. The van der Waals surface area contributed by atoms with Crippen LogP contribution in [-0.4, -0.2) is 47.3 Å². The Morgan fingerprint density at radius 2 is 1.86 bits per heavy atom. The molecule has 0 aromatic rings. The average Bonchev–Trinajstić information content (AvgIpc) is 2.33. The normalized spacial score (nSPS) is 21.8. The number of likely N-dealkylation sites (tertiary alicyclic amines) is 1. The van der Waals surface area contributed by atoms with E-state index in [-0.39, 0.29) is 19.4 Å². The van der Waals surface area contributed by atoms with Gasteiger partial charge in [0, 0.05) is 13.1 Å². The van der Waals surface area contributed by atoms with Gasteiger partial charge in [-0.3, -0.25) is 0 Å². The van der Waals surface area contributed by atoms with E-state index in [1.807, 2.05) is 0 Å². The molecule has 0 aromatic carbocycles. The smallest absolute Gasteiger partial charge is 0.393 e. The number of urea groups is 1. The van der Waals surface area contributed by atoms with E-state index in [1.165, 1.54) is 0 Å². The van der Waals surface area contributed by atoms with Gasteiger partial charge in [0.05, 0.1) is 5.92 Å². The molecule has 122 valence electrons. The van der Waals surface area contributed by atoms with Gasteiger partial charge in [0.1, 0.15) is 6.04 Å². The minimum Gasteiger partial charge on any atom is -0.480 e. The van der Waals surface area contributed by atoms with Crippen LogP contribution < -0.4 is 5.32 Å². The highest BCUT2D eigenvalue weighted by molar-refractivity contribution is 5.83. The van der Waals surface area contributed by atoms with Crippen molar-refractivity contribution in [3.8, 4) is 0 Å². The van der Waals surface area contributed by atoms with Gasteiger partial charge in [-0.05, 0) is 18.3 Å². The number of nitrogens with one attached hydrogen (secondary N) is 1. The number of carbonyl (C=O) groups excluding carboxylic acids is 1. The molecule has 0 saturated carbocycles. The molecule has 0 bridgehead atoms. The Morgan fingerprint density at radius 1 is 1.29 bits per heavy atom. The van der Waals surface area contributed by atoms with Gasteiger partial charge < -0.3 is 15.3 Å². The number of nitrogens with zero attached hydrogens (tertiary/aromatic N) is 1. The maximum absolute atomic E-state index is 12.7.